The number of nitrogens with one attached hydrogen (secondary N) is 1. The van der Waals surface area contributed by atoms with Gasteiger partial charge in [-0.1, -0.05) is 36.2 Å². The Morgan fingerprint density at radius 2 is 1.62 bits per heavy atom. The number of nitrogens with zero attached hydrogens (tertiary/aromatic N) is 2. The Kier molecular flexibility index (Phi) is 11.6. The van der Waals surface area contributed by atoms with Gasteiger partial charge in [0.2, 0.25) is 11.8 Å². The number of ether oxygens (including phenoxy) is 1. The topological polar surface area (TPSA) is 96.0 Å². The molecule has 2 amide bonds. The van der Waals surface area contributed by atoms with Gasteiger partial charge in [-0.25, -0.2) is 12.8 Å². The molecule has 3 rings (SSSR count). The Morgan fingerprint density at radius 1 is 0.976 bits per heavy atom. The maximum absolute atomic E-state index is 14.1. The average Bonchev–Trinajstić information content (AvgIpc) is 2.93. The zero-order chi connectivity index (χ0) is 31.0. The minimum Gasteiger partial charge on any atom is -0.494 e. The van der Waals surface area contributed by atoms with E-state index in [-0.39, 0.29) is 34.6 Å². The van der Waals surface area contributed by atoms with Gasteiger partial charge in [-0.05, 0) is 93.4 Å². The molecular weight excluding hydrogens is 604 g/mol. The van der Waals surface area contributed by atoms with Crippen molar-refractivity contribution in [2.75, 3.05) is 17.5 Å². The molecule has 0 saturated heterocycles. The molecule has 226 valence electrons. The molecule has 0 radical (unpaired) electrons. The molecule has 0 saturated carbocycles. The molecule has 0 aliphatic heterocycles. The number of hydrogen-bond acceptors (Lipinski definition) is 5. The van der Waals surface area contributed by atoms with Crippen LogP contribution in [0.5, 0.6) is 5.75 Å². The van der Waals surface area contributed by atoms with Crippen LogP contribution >= 0.6 is 23.2 Å². The predicted octanol–water partition coefficient (Wildman–Crippen LogP) is 6.06. The van der Waals surface area contributed by atoms with Gasteiger partial charge in [0.05, 0.1) is 17.2 Å². The second-order valence-corrected chi connectivity index (χ2v) is 12.4. The number of rotatable bonds is 13. The summed E-state index contributed by atoms with van der Waals surface area (Å²) in [5, 5.41) is 3.52. The van der Waals surface area contributed by atoms with Crippen LogP contribution in [0.1, 0.15) is 39.7 Å². The molecule has 3 aromatic carbocycles. The fourth-order valence-electron chi connectivity index (χ4n) is 4.27. The largest absolute Gasteiger partial charge is 0.494 e. The van der Waals surface area contributed by atoms with Gasteiger partial charge in [-0.15, -0.1) is 0 Å². The van der Waals surface area contributed by atoms with E-state index < -0.39 is 40.2 Å². The first-order chi connectivity index (χ1) is 19.9. The van der Waals surface area contributed by atoms with Crippen LogP contribution < -0.4 is 14.4 Å². The van der Waals surface area contributed by atoms with E-state index in [1.165, 1.54) is 47.4 Å². The van der Waals surface area contributed by atoms with Crippen molar-refractivity contribution in [2.24, 2.45) is 0 Å². The Hall–Kier alpha value is -3.34. The van der Waals surface area contributed by atoms with Crippen molar-refractivity contribution in [2.45, 2.75) is 57.6 Å². The first-order valence-corrected chi connectivity index (χ1v) is 15.6. The third-order valence-electron chi connectivity index (χ3n) is 6.29. The predicted molar refractivity (Wildman–Crippen MR) is 163 cm³/mol. The van der Waals surface area contributed by atoms with E-state index in [4.69, 9.17) is 27.9 Å². The SMILES string of the molecule is CCOc1ccc(S(=O)(=O)N(CC(=O)N(Cc2ccc(Cl)cc2Cl)[C@@H](CC)C(=O)NC(C)C)c2ccc(F)cc2)cc1. The van der Waals surface area contributed by atoms with Crippen LogP contribution in [0.25, 0.3) is 0 Å². The Morgan fingerprint density at radius 3 is 2.17 bits per heavy atom. The third kappa shape index (κ3) is 8.36. The standard InChI is InChI=1S/C30H34Cl2FN3O5S/c1-5-28(30(38)34-20(3)4)35(18-21-7-8-22(31)17-27(21)32)29(37)19-36(24-11-9-23(33)10-12-24)42(39,40)26-15-13-25(14-16-26)41-6-2/h7-17,20,28H,5-6,18-19H2,1-4H3,(H,34,38)/t28-/m0/s1. The smallest absolute Gasteiger partial charge is 0.264 e. The zero-order valence-electron chi connectivity index (χ0n) is 23.8. The van der Waals surface area contributed by atoms with Crippen LogP contribution in [-0.4, -0.2) is 50.4 Å². The molecule has 42 heavy (non-hydrogen) atoms. The summed E-state index contributed by atoms with van der Waals surface area (Å²) >= 11 is 12.5. The Labute approximate surface area is 256 Å². The second-order valence-electron chi connectivity index (χ2n) is 9.74. The van der Waals surface area contributed by atoms with Crippen molar-refractivity contribution in [3.05, 3.63) is 88.2 Å². The molecule has 0 fully saturated rings. The average molecular weight is 639 g/mol. The van der Waals surface area contributed by atoms with E-state index in [1.54, 1.807) is 39.8 Å². The monoisotopic (exact) mass is 637 g/mol. The van der Waals surface area contributed by atoms with Crippen LogP contribution in [0.15, 0.2) is 71.6 Å². The number of benzene rings is 3. The minimum absolute atomic E-state index is 0.0720. The molecule has 3 aromatic rings. The van der Waals surface area contributed by atoms with E-state index in [0.717, 1.165) is 16.4 Å². The van der Waals surface area contributed by atoms with Crippen LogP contribution in [-0.2, 0) is 26.2 Å². The van der Waals surface area contributed by atoms with Crippen molar-refractivity contribution in [3.63, 3.8) is 0 Å². The quantitative estimate of drug-likeness (QED) is 0.246. The van der Waals surface area contributed by atoms with Crippen LogP contribution in [0.3, 0.4) is 0 Å². The Bertz CT molecular complexity index is 1490. The number of carbonyl (C=O) groups excluding carboxylic acids is 2. The number of sulfonamides is 1. The van der Waals surface area contributed by atoms with Gasteiger partial charge < -0.3 is 15.0 Å². The highest BCUT2D eigenvalue weighted by Crippen LogP contribution is 2.28. The molecular formula is C30H34Cl2FN3O5S. The summed E-state index contributed by atoms with van der Waals surface area (Å²) in [6, 6.07) is 14.2. The lowest BCUT2D eigenvalue weighted by atomic mass is 10.1. The summed E-state index contributed by atoms with van der Waals surface area (Å²) in [7, 11) is -4.32. The summed E-state index contributed by atoms with van der Waals surface area (Å²) in [5.41, 5.74) is 0.593. The lowest BCUT2D eigenvalue weighted by molar-refractivity contribution is -0.140. The Balaban J connectivity index is 2.07. The fourth-order valence-corrected chi connectivity index (χ4v) is 6.15. The summed E-state index contributed by atoms with van der Waals surface area (Å²) in [6.07, 6.45) is 0.248. The second kappa shape index (κ2) is 14.7. The number of halogens is 3. The lowest BCUT2D eigenvalue weighted by Gasteiger charge is -2.33. The first-order valence-electron chi connectivity index (χ1n) is 13.4. The maximum Gasteiger partial charge on any atom is 0.264 e. The van der Waals surface area contributed by atoms with Gasteiger partial charge in [-0.2, -0.15) is 0 Å². The summed E-state index contributed by atoms with van der Waals surface area (Å²) in [6.45, 7) is 6.80. The van der Waals surface area contributed by atoms with Crippen molar-refractivity contribution in [1.82, 2.24) is 10.2 Å². The molecule has 0 aliphatic rings. The fraction of sp³-hybridized carbons (Fsp3) is 0.333. The summed E-state index contributed by atoms with van der Waals surface area (Å²) in [5.74, 6) is -1.15. The highest BCUT2D eigenvalue weighted by atomic mass is 35.5. The van der Waals surface area contributed by atoms with E-state index >= 15 is 0 Å². The maximum atomic E-state index is 14.1. The molecule has 0 unspecified atom stereocenters. The molecule has 8 nitrogen and oxygen atoms in total. The first kappa shape index (κ1) is 33.2. The molecule has 12 heteroatoms. The van der Waals surface area contributed by atoms with Crippen molar-refractivity contribution in [1.29, 1.82) is 0 Å². The minimum atomic E-state index is -4.32. The molecule has 0 bridgehead atoms. The third-order valence-corrected chi connectivity index (χ3v) is 8.66. The van der Waals surface area contributed by atoms with E-state index in [2.05, 4.69) is 5.32 Å². The van der Waals surface area contributed by atoms with Crippen molar-refractivity contribution >= 4 is 50.7 Å². The number of carbonyl (C=O) groups is 2. The highest BCUT2D eigenvalue weighted by Gasteiger charge is 2.34. The molecule has 0 spiro atoms. The molecule has 0 aliphatic carbocycles. The highest BCUT2D eigenvalue weighted by molar-refractivity contribution is 7.92. The normalized spacial score (nSPS) is 12.1. The number of amides is 2. The van der Waals surface area contributed by atoms with Gasteiger partial charge in [0.15, 0.2) is 0 Å². The molecule has 0 aromatic heterocycles. The van der Waals surface area contributed by atoms with Crippen LogP contribution in [0.4, 0.5) is 10.1 Å². The molecule has 0 heterocycles. The van der Waals surface area contributed by atoms with Gasteiger partial charge in [0, 0.05) is 22.6 Å². The van der Waals surface area contributed by atoms with E-state index in [1.807, 2.05) is 0 Å². The van der Waals surface area contributed by atoms with Gasteiger partial charge in [-0.3, -0.25) is 13.9 Å². The van der Waals surface area contributed by atoms with Crippen molar-refractivity contribution in [3.8, 4) is 5.75 Å². The number of hydrogen-bond donors (Lipinski definition) is 1. The molecule has 1 N–H and O–H groups in total. The molecule has 1 atom stereocenters. The van der Waals surface area contributed by atoms with Crippen LogP contribution in [0, 0.1) is 5.82 Å². The zero-order valence-corrected chi connectivity index (χ0v) is 26.1. The summed E-state index contributed by atoms with van der Waals surface area (Å²) in [4.78, 5) is 28.5. The van der Waals surface area contributed by atoms with E-state index in [0.29, 0.717) is 22.9 Å². The van der Waals surface area contributed by atoms with Gasteiger partial charge in [0.1, 0.15) is 24.2 Å². The van der Waals surface area contributed by atoms with Gasteiger partial charge >= 0.3 is 0 Å². The number of anilines is 1. The summed E-state index contributed by atoms with van der Waals surface area (Å²) < 4.78 is 48.0. The van der Waals surface area contributed by atoms with Crippen molar-refractivity contribution < 1.29 is 27.1 Å². The lowest BCUT2D eigenvalue weighted by Crippen LogP contribution is -2.53. The van der Waals surface area contributed by atoms with Gasteiger partial charge in [0.25, 0.3) is 10.0 Å². The van der Waals surface area contributed by atoms with E-state index in [9.17, 15) is 22.4 Å². The van der Waals surface area contributed by atoms with Crippen LogP contribution in [0.2, 0.25) is 10.0 Å².